The Kier molecular flexibility index (Phi) is 5.08. The Hall–Kier alpha value is -2.02. The van der Waals surface area contributed by atoms with Gasteiger partial charge >= 0.3 is 0 Å². The van der Waals surface area contributed by atoms with E-state index in [4.69, 9.17) is 4.74 Å². The van der Waals surface area contributed by atoms with Gasteiger partial charge in [-0.25, -0.2) is 0 Å². The molecule has 1 aliphatic rings. The Morgan fingerprint density at radius 1 is 1.33 bits per heavy atom. The number of hydrogen-bond donors (Lipinski definition) is 1. The van der Waals surface area contributed by atoms with Crippen molar-refractivity contribution in [2.75, 3.05) is 12.4 Å². The summed E-state index contributed by atoms with van der Waals surface area (Å²) >= 11 is 1.49. The molecule has 1 fully saturated rings. The molecule has 0 aliphatic heterocycles. The summed E-state index contributed by atoms with van der Waals surface area (Å²) in [4.78, 5) is 12.7. The number of nitrogens with zero attached hydrogens (tertiary/aromatic N) is 3. The van der Waals surface area contributed by atoms with E-state index in [9.17, 15) is 4.79 Å². The highest BCUT2D eigenvalue weighted by molar-refractivity contribution is 8.00. The number of ether oxygens (including phenoxy) is 1. The second-order valence-electron chi connectivity index (χ2n) is 6.25. The maximum Gasteiger partial charge on any atom is 0.238 e. The minimum Gasteiger partial charge on any atom is -0.497 e. The molecular formula is C17H22N4O2S. The van der Waals surface area contributed by atoms with Crippen molar-refractivity contribution in [2.45, 2.75) is 43.1 Å². The first kappa shape index (κ1) is 16.8. The summed E-state index contributed by atoms with van der Waals surface area (Å²) in [5, 5.41) is 11.8. The van der Waals surface area contributed by atoms with Crippen LogP contribution in [0.15, 0.2) is 35.7 Å². The quantitative estimate of drug-likeness (QED) is 0.779. The molecule has 24 heavy (non-hydrogen) atoms. The van der Waals surface area contributed by atoms with Crippen molar-refractivity contribution in [2.24, 2.45) is 5.92 Å². The predicted molar refractivity (Wildman–Crippen MR) is 94.4 cm³/mol. The van der Waals surface area contributed by atoms with Crippen LogP contribution < -0.4 is 10.1 Å². The Balaban J connectivity index is 1.69. The van der Waals surface area contributed by atoms with Crippen LogP contribution in [0.3, 0.4) is 0 Å². The van der Waals surface area contributed by atoms with Gasteiger partial charge < -0.3 is 14.6 Å². The third-order valence-electron chi connectivity index (χ3n) is 3.93. The third-order valence-corrected chi connectivity index (χ3v) is 5.45. The minimum absolute atomic E-state index is 0.0227. The Morgan fingerprint density at radius 3 is 2.62 bits per heavy atom. The summed E-state index contributed by atoms with van der Waals surface area (Å²) in [5.74, 6) is 0.920. The van der Waals surface area contributed by atoms with Gasteiger partial charge in [-0.05, 0) is 43.0 Å². The van der Waals surface area contributed by atoms with Crippen LogP contribution in [0.25, 0.3) is 0 Å². The maximum atomic E-state index is 12.7. The molecule has 1 aromatic carbocycles. The molecule has 1 atom stereocenters. The minimum atomic E-state index is -0.228. The number of carbonyl (C=O) groups excluding carboxylic acids is 1. The van der Waals surface area contributed by atoms with Crippen LogP contribution in [0.4, 0.5) is 5.69 Å². The lowest BCUT2D eigenvalue weighted by Crippen LogP contribution is -2.30. The number of nitrogens with one attached hydrogen (secondary N) is 1. The zero-order valence-electron chi connectivity index (χ0n) is 14.1. The molecule has 0 radical (unpaired) electrons. The van der Waals surface area contributed by atoms with E-state index in [-0.39, 0.29) is 17.1 Å². The normalized spacial score (nSPS) is 15.3. The number of thioether (sulfide) groups is 1. The van der Waals surface area contributed by atoms with Crippen molar-refractivity contribution < 1.29 is 9.53 Å². The summed E-state index contributed by atoms with van der Waals surface area (Å²) in [5.41, 5.74) is 0.760. The van der Waals surface area contributed by atoms with Crippen molar-refractivity contribution >= 4 is 23.4 Å². The van der Waals surface area contributed by atoms with Gasteiger partial charge in [0, 0.05) is 11.7 Å². The van der Waals surface area contributed by atoms with E-state index < -0.39 is 0 Å². The topological polar surface area (TPSA) is 69.0 Å². The third kappa shape index (κ3) is 3.90. The molecule has 1 saturated carbocycles. The van der Waals surface area contributed by atoms with E-state index >= 15 is 0 Å². The van der Waals surface area contributed by atoms with Crippen LogP contribution in [0.5, 0.6) is 5.75 Å². The fourth-order valence-corrected chi connectivity index (χ4v) is 3.49. The molecule has 1 aliphatic carbocycles. The number of carbonyl (C=O) groups is 1. The molecular weight excluding hydrogens is 324 g/mol. The van der Waals surface area contributed by atoms with Crippen LogP contribution in [-0.4, -0.2) is 33.0 Å². The number of benzene rings is 1. The number of methoxy groups -OCH3 is 1. The monoisotopic (exact) mass is 346 g/mol. The van der Waals surface area contributed by atoms with E-state index in [1.54, 1.807) is 13.4 Å². The summed E-state index contributed by atoms with van der Waals surface area (Å²) in [6.07, 6.45) is 4.09. The predicted octanol–water partition coefficient (Wildman–Crippen LogP) is 3.38. The van der Waals surface area contributed by atoms with E-state index in [1.165, 1.54) is 11.8 Å². The summed E-state index contributed by atoms with van der Waals surface area (Å²) in [7, 11) is 1.62. The van der Waals surface area contributed by atoms with Crippen LogP contribution in [0, 0.1) is 5.92 Å². The molecule has 1 N–H and O–H groups in total. The van der Waals surface area contributed by atoms with Gasteiger partial charge in [0.2, 0.25) is 5.91 Å². The fraction of sp³-hybridized carbons (Fsp3) is 0.471. The highest BCUT2D eigenvalue weighted by Gasteiger charge is 2.30. The maximum absolute atomic E-state index is 12.7. The molecule has 0 spiro atoms. The van der Waals surface area contributed by atoms with E-state index in [0.717, 1.165) is 29.4 Å². The molecule has 7 heteroatoms. The zero-order valence-corrected chi connectivity index (χ0v) is 14.9. The summed E-state index contributed by atoms with van der Waals surface area (Å²) in [6, 6.07) is 7.84. The Morgan fingerprint density at radius 2 is 2.04 bits per heavy atom. The summed E-state index contributed by atoms with van der Waals surface area (Å²) in [6.45, 7) is 4.09. The van der Waals surface area contributed by atoms with Gasteiger partial charge in [-0.2, -0.15) is 0 Å². The number of rotatable bonds is 7. The van der Waals surface area contributed by atoms with Gasteiger partial charge in [0.15, 0.2) is 5.16 Å². The molecule has 1 aromatic heterocycles. The van der Waals surface area contributed by atoms with Crippen LogP contribution in [0.1, 0.15) is 32.7 Å². The first-order valence-corrected chi connectivity index (χ1v) is 8.97. The first-order chi connectivity index (χ1) is 11.6. The Bertz CT molecular complexity index is 695. The lowest BCUT2D eigenvalue weighted by molar-refractivity contribution is -0.116. The van der Waals surface area contributed by atoms with Gasteiger partial charge in [-0.1, -0.05) is 25.6 Å². The number of hydrogen-bond acceptors (Lipinski definition) is 5. The molecule has 1 amide bonds. The lowest BCUT2D eigenvalue weighted by Gasteiger charge is -2.19. The van der Waals surface area contributed by atoms with Crippen LogP contribution in [-0.2, 0) is 4.79 Å². The highest BCUT2D eigenvalue weighted by Crippen LogP contribution is 2.39. The summed E-state index contributed by atoms with van der Waals surface area (Å²) < 4.78 is 7.22. The van der Waals surface area contributed by atoms with E-state index in [0.29, 0.717) is 6.04 Å². The van der Waals surface area contributed by atoms with Gasteiger partial charge in [0.1, 0.15) is 12.1 Å². The van der Waals surface area contributed by atoms with Crippen LogP contribution >= 0.6 is 11.8 Å². The molecule has 2 aromatic rings. The zero-order chi connectivity index (χ0) is 17.1. The molecule has 128 valence electrons. The molecule has 0 bridgehead atoms. The average molecular weight is 346 g/mol. The molecule has 1 unspecified atom stereocenters. The number of aromatic nitrogens is 3. The smallest absolute Gasteiger partial charge is 0.238 e. The first-order valence-electron chi connectivity index (χ1n) is 8.09. The largest absolute Gasteiger partial charge is 0.497 e. The number of anilines is 1. The van der Waals surface area contributed by atoms with Gasteiger partial charge in [-0.15, -0.1) is 10.2 Å². The van der Waals surface area contributed by atoms with Crippen molar-refractivity contribution in [1.82, 2.24) is 14.8 Å². The van der Waals surface area contributed by atoms with Gasteiger partial charge in [0.05, 0.1) is 12.4 Å². The van der Waals surface area contributed by atoms with Crippen molar-refractivity contribution in [1.29, 1.82) is 0 Å². The second-order valence-corrected chi connectivity index (χ2v) is 7.36. The average Bonchev–Trinajstić information content (AvgIpc) is 3.31. The highest BCUT2D eigenvalue weighted by atomic mass is 32.2. The number of amides is 1. The second kappa shape index (κ2) is 7.25. The fourth-order valence-electron chi connectivity index (χ4n) is 2.41. The van der Waals surface area contributed by atoms with Crippen LogP contribution in [0.2, 0.25) is 0 Å². The van der Waals surface area contributed by atoms with E-state index in [2.05, 4.69) is 20.1 Å². The van der Waals surface area contributed by atoms with E-state index in [1.807, 2.05) is 38.1 Å². The van der Waals surface area contributed by atoms with Crippen molar-refractivity contribution in [3.63, 3.8) is 0 Å². The molecule has 6 nitrogen and oxygen atoms in total. The molecule has 0 saturated heterocycles. The molecule has 1 heterocycles. The van der Waals surface area contributed by atoms with Gasteiger partial charge in [-0.3, -0.25) is 4.79 Å². The van der Waals surface area contributed by atoms with Gasteiger partial charge in [0.25, 0.3) is 0 Å². The molecule has 3 rings (SSSR count). The van der Waals surface area contributed by atoms with Crippen molar-refractivity contribution in [3.8, 4) is 5.75 Å². The standard InChI is InChI=1S/C17H22N4O2S/c1-11(2)15(24-17-20-18-10-21(17)13-6-7-13)16(22)19-12-4-8-14(23-3)9-5-12/h4-5,8-11,13,15H,6-7H2,1-3H3,(H,19,22). The van der Waals surface area contributed by atoms with Crippen molar-refractivity contribution in [3.05, 3.63) is 30.6 Å². The Labute approximate surface area is 146 Å². The SMILES string of the molecule is COc1ccc(NC(=O)C(Sc2nncn2C2CC2)C(C)C)cc1. The lowest BCUT2D eigenvalue weighted by atomic mass is 10.1.